The topological polar surface area (TPSA) is 75.6 Å². The molecular weight excluding hydrogens is 282 g/mol. The summed E-state index contributed by atoms with van der Waals surface area (Å²) in [6.07, 6.45) is 2.46. The van der Waals surface area contributed by atoms with Gasteiger partial charge in [0.2, 0.25) is 0 Å². The number of rotatable bonds is 9. The summed E-state index contributed by atoms with van der Waals surface area (Å²) in [5, 5.41) is 11.5. The van der Waals surface area contributed by atoms with Crippen molar-refractivity contribution in [2.45, 2.75) is 38.6 Å². The minimum Gasteiger partial charge on any atom is -0.484 e. The van der Waals surface area contributed by atoms with E-state index in [1.807, 2.05) is 18.2 Å². The zero-order valence-electron chi connectivity index (χ0n) is 13.0. The first-order valence-corrected chi connectivity index (χ1v) is 7.30. The molecule has 0 fully saturated rings. The first kappa shape index (κ1) is 17.8. The Hall–Kier alpha value is -2.30. The number of nitrogens with one attached hydrogen (secondary N) is 1. The Morgan fingerprint density at radius 1 is 1.41 bits per heavy atom. The third-order valence-electron chi connectivity index (χ3n) is 3.19. The van der Waals surface area contributed by atoms with Crippen LogP contribution in [0.4, 0.5) is 0 Å². The number of carboxylic acid groups (broad SMARTS) is 1. The van der Waals surface area contributed by atoms with Crippen LogP contribution in [0.15, 0.2) is 36.9 Å². The number of allylic oxidation sites excluding steroid dienone is 1. The van der Waals surface area contributed by atoms with Crippen LogP contribution in [-0.2, 0) is 9.59 Å². The molecule has 1 aromatic rings. The Bertz CT molecular complexity index is 525. The van der Waals surface area contributed by atoms with E-state index in [2.05, 4.69) is 25.7 Å². The minimum atomic E-state index is -1.06. The van der Waals surface area contributed by atoms with E-state index in [0.29, 0.717) is 24.5 Å². The highest BCUT2D eigenvalue weighted by Crippen LogP contribution is 2.19. The quantitative estimate of drug-likeness (QED) is 0.688. The van der Waals surface area contributed by atoms with Gasteiger partial charge in [-0.25, -0.2) is 4.79 Å². The summed E-state index contributed by atoms with van der Waals surface area (Å²) in [6, 6.07) is 6.59. The van der Waals surface area contributed by atoms with Gasteiger partial charge in [-0.15, -0.1) is 6.58 Å². The molecule has 1 rings (SSSR count). The zero-order chi connectivity index (χ0) is 16.5. The number of carbonyl (C=O) groups is 2. The molecule has 1 amide bonds. The Morgan fingerprint density at radius 3 is 2.73 bits per heavy atom. The fourth-order valence-electron chi connectivity index (χ4n) is 1.89. The molecule has 0 aliphatic carbocycles. The van der Waals surface area contributed by atoms with E-state index in [9.17, 15) is 9.59 Å². The van der Waals surface area contributed by atoms with E-state index >= 15 is 0 Å². The second-order valence-electron chi connectivity index (χ2n) is 5.34. The van der Waals surface area contributed by atoms with Gasteiger partial charge in [-0.2, -0.15) is 0 Å². The molecule has 0 saturated carbocycles. The molecule has 22 heavy (non-hydrogen) atoms. The molecule has 0 aliphatic heterocycles. The first-order chi connectivity index (χ1) is 10.4. The van der Waals surface area contributed by atoms with E-state index in [-0.39, 0.29) is 6.61 Å². The molecule has 0 aliphatic rings. The highest BCUT2D eigenvalue weighted by Gasteiger charge is 2.19. The number of carbonyl (C=O) groups excluding carboxylic acids is 1. The lowest BCUT2D eigenvalue weighted by atomic mass is 10.0. The van der Waals surface area contributed by atoms with Gasteiger partial charge in [0.25, 0.3) is 5.91 Å². The molecule has 0 aromatic heterocycles. The average Bonchev–Trinajstić information content (AvgIpc) is 2.49. The molecule has 120 valence electrons. The van der Waals surface area contributed by atoms with Gasteiger partial charge in [-0.1, -0.05) is 32.1 Å². The van der Waals surface area contributed by atoms with Crippen LogP contribution in [0, 0.1) is 0 Å². The van der Waals surface area contributed by atoms with Gasteiger partial charge in [0.05, 0.1) is 0 Å². The summed E-state index contributed by atoms with van der Waals surface area (Å²) in [6.45, 7) is 7.47. The van der Waals surface area contributed by atoms with Crippen LogP contribution >= 0.6 is 0 Å². The molecule has 1 aromatic carbocycles. The second kappa shape index (κ2) is 8.87. The van der Waals surface area contributed by atoms with E-state index in [4.69, 9.17) is 9.84 Å². The summed E-state index contributed by atoms with van der Waals surface area (Å²) in [5.74, 6) is -0.546. The average molecular weight is 305 g/mol. The van der Waals surface area contributed by atoms with Crippen LogP contribution in [0.25, 0.3) is 0 Å². The smallest absolute Gasteiger partial charge is 0.326 e. The molecular formula is C17H23NO4. The number of carboxylic acids is 1. The van der Waals surface area contributed by atoms with Crippen molar-refractivity contribution in [1.29, 1.82) is 0 Å². The fraction of sp³-hybridized carbons (Fsp3) is 0.412. The normalized spacial score (nSPS) is 11.8. The van der Waals surface area contributed by atoms with Crippen LogP contribution in [-0.4, -0.2) is 29.6 Å². The number of amides is 1. The molecule has 5 nitrogen and oxygen atoms in total. The van der Waals surface area contributed by atoms with Gasteiger partial charge >= 0.3 is 5.97 Å². The molecule has 0 heterocycles. The SMILES string of the molecule is C=CCCC(NC(=O)COc1cccc(C(C)C)c1)C(=O)O. The Balaban J connectivity index is 2.52. The summed E-state index contributed by atoms with van der Waals surface area (Å²) in [4.78, 5) is 22.8. The molecule has 1 atom stereocenters. The summed E-state index contributed by atoms with van der Waals surface area (Å²) in [7, 11) is 0. The maximum Gasteiger partial charge on any atom is 0.326 e. The molecule has 0 spiro atoms. The highest BCUT2D eigenvalue weighted by molar-refractivity contribution is 5.84. The van der Waals surface area contributed by atoms with Crippen LogP contribution in [0.3, 0.4) is 0 Å². The van der Waals surface area contributed by atoms with Crippen molar-refractivity contribution in [1.82, 2.24) is 5.32 Å². The van der Waals surface area contributed by atoms with Gasteiger partial charge in [-0.05, 0) is 36.5 Å². The highest BCUT2D eigenvalue weighted by atomic mass is 16.5. The fourth-order valence-corrected chi connectivity index (χ4v) is 1.89. The third kappa shape index (κ3) is 5.99. The number of benzene rings is 1. The van der Waals surface area contributed by atoms with Gasteiger partial charge in [-0.3, -0.25) is 4.79 Å². The van der Waals surface area contributed by atoms with E-state index in [1.54, 1.807) is 12.1 Å². The van der Waals surface area contributed by atoms with E-state index < -0.39 is 17.9 Å². The maximum absolute atomic E-state index is 11.8. The van der Waals surface area contributed by atoms with Crippen molar-refractivity contribution in [2.75, 3.05) is 6.61 Å². The Morgan fingerprint density at radius 2 is 2.14 bits per heavy atom. The standard InChI is InChI=1S/C17H23NO4/c1-4-5-9-15(17(20)21)18-16(19)11-22-14-8-6-7-13(10-14)12(2)3/h4,6-8,10,12,15H,1,5,9,11H2,2-3H3,(H,18,19)(H,20,21). The number of hydrogen-bond donors (Lipinski definition) is 2. The lowest BCUT2D eigenvalue weighted by Gasteiger charge is -2.14. The van der Waals surface area contributed by atoms with Crippen molar-refractivity contribution < 1.29 is 19.4 Å². The van der Waals surface area contributed by atoms with Crippen molar-refractivity contribution in [3.8, 4) is 5.75 Å². The van der Waals surface area contributed by atoms with Gasteiger partial charge in [0.1, 0.15) is 11.8 Å². The summed E-state index contributed by atoms with van der Waals surface area (Å²) in [5.41, 5.74) is 1.12. The molecule has 0 saturated heterocycles. The monoisotopic (exact) mass is 305 g/mol. The molecule has 2 N–H and O–H groups in total. The third-order valence-corrected chi connectivity index (χ3v) is 3.19. The van der Waals surface area contributed by atoms with E-state index in [1.165, 1.54) is 0 Å². The van der Waals surface area contributed by atoms with Crippen molar-refractivity contribution in [3.05, 3.63) is 42.5 Å². The predicted octanol–water partition coefficient (Wildman–Crippen LogP) is 2.72. The van der Waals surface area contributed by atoms with Crippen molar-refractivity contribution in [3.63, 3.8) is 0 Å². The van der Waals surface area contributed by atoms with Crippen LogP contribution in [0.1, 0.15) is 38.2 Å². The summed E-state index contributed by atoms with van der Waals surface area (Å²) >= 11 is 0. The lowest BCUT2D eigenvalue weighted by molar-refractivity contribution is -0.142. The minimum absolute atomic E-state index is 0.209. The second-order valence-corrected chi connectivity index (χ2v) is 5.34. The van der Waals surface area contributed by atoms with Crippen molar-refractivity contribution in [2.24, 2.45) is 0 Å². The predicted molar refractivity (Wildman–Crippen MR) is 85.0 cm³/mol. The van der Waals surface area contributed by atoms with E-state index in [0.717, 1.165) is 5.56 Å². The van der Waals surface area contributed by atoms with Gasteiger partial charge in [0.15, 0.2) is 6.61 Å². The Kier molecular flexibility index (Phi) is 7.16. The van der Waals surface area contributed by atoms with Crippen molar-refractivity contribution >= 4 is 11.9 Å². The lowest BCUT2D eigenvalue weighted by Crippen LogP contribution is -2.42. The Labute approximate surface area is 131 Å². The van der Waals surface area contributed by atoms with Crippen LogP contribution in [0.5, 0.6) is 5.75 Å². The number of aliphatic carboxylic acids is 1. The first-order valence-electron chi connectivity index (χ1n) is 7.30. The van der Waals surface area contributed by atoms with Crippen LogP contribution in [0.2, 0.25) is 0 Å². The maximum atomic E-state index is 11.8. The van der Waals surface area contributed by atoms with Gasteiger partial charge in [0, 0.05) is 0 Å². The molecule has 0 bridgehead atoms. The summed E-state index contributed by atoms with van der Waals surface area (Å²) < 4.78 is 5.42. The van der Waals surface area contributed by atoms with Crippen LogP contribution < -0.4 is 10.1 Å². The number of hydrogen-bond acceptors (Lipinski definition) is 3. The molecule has 0 radical (unpaired) electrons. The largest absolute Gasteiger partial charge is 0.484 e. The molecule has 5 heteroatoms. The molecule has 1 unspecified atom stereocenters. The number of ether oxygens (including phenoxy) is 1. The van der Waals surface area contributed by atoms with Gasteiger partial charge < -0.3 is 15.2 Å². The zero-order valence-corrected chi connectivity index (χ0v) is 13.0.